The number of carbonyl (C=O) groups excluding carboxylic acids is 2. The van der Waals surface area contributed by atoms with E-state index in [0.29, 0.717) is 29.0 Å². The number of allylic oxidation sites excluding steroid dienone is 2. The Hall–Kier alpha value is -2.73. The van der Waals surface area contributed by atoms with Crippen LogP contribution in [-0.2, 0) is 27.4 Å². The number of esters is 1. The first-order valence-corrected chi connectivity index (χ1v) is 13.5. The molecule has 1 N–H and O–H groups in total. The Bertz CT molecular complexity index is 1120. The van der Waals surface area contributed by atoms with Gasteiger partial charge in [-0.15, -0.1) is 11.8 Å². The molecule has 0 aliphatic carbocycles. The smallest absolute Gasteiger partial charge is 0.471 e. The quantitative estimate of drug-likeness (QED) is 0.312. The second kappa shape index (κ2) is 12.4. The van der Waals surface area contributed by atoms with Gasteiger partial charge < -0.3 is 19.5 Å². The number of rotatable bonds is 11. The summed E-state index contributed by atoms with van der Waals surface area (Å²) in [6.45, 7) is 5.97. The van der Waals surface area contributed by atoms with Gasteiger partial charge in [0, 0.05) is 35.8 Å². The van der Waals surface area contributed by atoms with Crippen molar-refractivity contribution in [3.63, 3.8) is 0 Å². The van der Waals surface area contributed by atoms with Crippen LogP contribution in [0.2, 0.25) is 0 Å². The zero-order valence-corrected chi connectivity index (χ0v) is 22.8. The van der Waals surface area contributed by atoms with Crippen LogP contribution in [0, 0.1) is 12.8 Å². The molecular weight excluding hydrogens is 525 g/mol. The molecule has 1 unspecified atom stereocenters. The van der Waals surface area contributed by atoms with E-state index in [1.807, 2.05) is 11.8 Å². The van der Waals surface area contributed by atoms with E-state index >= 15 is 0 Å². The second-order valence-electron chi connectivity index (χ2n) is 9.40. The summed E-state index contributed by atoms with van der Waals surface area (Å²) in [4.78, 5) is 39.7. The number of thioether (sulfide) groups is 1. The van der Waals surface area contributed by atoms with Crippen LogP contribution in [0.25, 0.3) is 0 Å². The van der Waals surface area contributed by atoms with Crippen molar-refractivity contribution in [3.8, 4) is 5.75 Å². The summed E-state index contributed by atoms with van der Waals surface area (Å²) in [6.07, 6.45) is -2.67. The number of anilines is 1. The van der Waals surface area contributed by atoms with Crippen LogP contribution in [0.15, 0.2) is 11.6 Å². The van der Waals surface area contributed by atoms with E-state index in [1.54, 1.807) is 19.9 Å². The highest BCUT2D eigenvalue weighted by Crippen LogP contribution is 2.44. The fourth-order valence-corrected chi connectivity index (χ4v) is 5.94. The summed E-state index contributed by atoms with van der Waals surface area (Å²) in [7, 11) is 1.37. The van der Waals surface area contributed by atoms with E-state index in [0.717, 1.165) is 23.7 Å². The van der Waals surface area contributed by atoms with E-state index in [-0.39, 0.29) is 48.6 Å². The third-order valence-electron chi connectivity index (χ3n) is 6.91. The lowest BCUT2D eigenvalue weighted by atomic mass is 9.91. The molecule has 2 aliphatic rings. The van der Waals surface area contributed by atoms with Gasteiger partial charge in [0.15, 0.2) is 0 Å². The van der Waals surface area contributed by atoms with Crippen LogP contribution in [0.1, 0.15) is 53.7 Å². The summed E-state index contributed by atoms with van der Waals surface area (Å²) in [5, 5.41) is 9.75. The number of carbonyl (C=O) groups is 3. The van der Waals surface area contributed by atoms with Gasteiger partial charge in [-0.2, -0.15) is 13.2 Å². The maximum absolute atomic E-state index is 13.5. The highest BCUT2D eigenvalue weighted by Gasteiger charge is 2.45. The number of cyclic esters (lactones) is 1. The van der Waals surface area contributed by atoms with Crippen molar-refractivity contribution in [2.24, 2.45) is 5.92 Å². The molecule has 1 amide bonds. The zero-order chi connectivity index (χ0) is 28.2. The molecule has 0 bridgehead atoms. The van der Waals surface area contributed by atoms with Gasteiger partial charge in [-0.05, 0) is 52.1 Å². The Morgan fingerprint density at radius 1 is 1.34 bits per heavy atom. The highest BCUT2D eigenvalue weighted by molar-refractivity contribution is 7.99. The van der Waals surface area contributed by atoms with Crippen molar-refractivity contribution in [1.82, 2.24) is 4.90 Å². The normalized spacial score (nSPS) is 16.8. The van der Waals surface area contributed by atoms with Crippen molar-refractivity contribution in [3.05, 3.63) is 33.9 Å². The number of hydrogen-bond acceptors (Lipinski definition) is 7. The van der Waals surface area contributed by atoms with Crippen LogP contribution in [-0.4, -0.2) is 72.4 Å². The minimum atomic E-state index is -5.16. The molecule has 0 aromatic heterocycles. The number of benzene rings is 1. The fourth-order valence-electron chi connectivity index (χ4n) is 4.91. The second-order valence-corrected chi connectivity index (χ2v) is 10.5. The van der Waals surface area contributed by atoms with E-state index in [2.05, 4.69) is 4.90 Å². The number of ether oxygens (including phenoxy) is 2. The number of halogens is 3. The summed E-state index contributed by atoms with van der Waals surface area (Å²) in [5.74, 6) is -2.26. The molecule has 1 aromatic carbocycles. The van der Waals surface area contributed by atoms with E-state index in [9.17, 15) is 32.7 Å². The number of nitrogens with zero attached hydrogens (tertiary/aromatic N) is 2. The number of fused-ring (bicyclic) bond motifs is 1. The standard InChI is InChI=1S/C26H33F3N2O6S/c1-5-31(25(35)26(27,28)29)21-18(22(36-4)16(3)19-13-37-24(34)20(19)21)7-6-15(2)12-17(23(32)33)8-9-30-10-11-38-14-30/h6,17H,5,7-14H2,1-4H3,(H,32,33)/b15-6+. The summed E-state index contributed by atoms with van der Waals surface area (Å²) in [5.41, 5.74) is 1.64. The van der Waals surface area contributed by atoms with Crippen molar-refractivity contribution < 1.29 is 42.1 Å². The van der Waals surface area contributed by atoms with Gasteiger partial charge in [0.1, 0.15) is 12.4 Å². The first-order chi connectivity index (χ1) is 17.9. The Morgan fingerprint density at radius 3 is 2.61 bits per heavy atom. The lowest BCUT2D eigenvalue weighted by Gasteiger charge is -2.28. The Kier molecular flexibility index (Phi) is 9.74. The Labute approximate surface area is 224 Å². The van der Waals surface area contributed by atoms with Crippen LogP contribution < -0.4 is 9.64 Å². The first-order valence-electron chi connectivity index (χ1n) is 12.4. The molecule has 0 radical (unpaired) electrons. The molecule has 8 nitrogen and oxygen atoms in total. The number of aliphatic carboxylic acids is 1. The van der Waals surface area contributed by atoms with Crippen molar-refractivity contribution >= 4 is 35.3 Å². The maximum Gasteiger partial charge on any atom is 0.471 e. The number of alkyl halides is 3. The molecule has 1 fully saturated rings. The molecular formula is C26H33F3N2O6S. The van der Waals surface area contributed by atoms with Crippen LogP contribution in [0.5, 0.6) is 5.75 Å². The third-order valence-corrected chi connectivity index (χ3v) is 7.93. The number of hydrogen-bond donors (Lipinski definition) is 1. The minimum absolute atomic E-state index is 0.0302. The van der Waals surface area contributed by atoms with Gasteiger partial charge in [-0.1, -0.05) is 11.6 Å². The molecule has 1 saturated heterocycles. The summed E-state index contributed by atoms with van der Waals surface area (Å²) < 4.78 is 51.3. The van der Waals surface area contributed by atoms with Gasteiger partial charge in [0.25, 0.3) is 0 Å². The average Bonchev–Trinajstić information content (AvgIpc) is 3.51. The topological polar surface area (TPSA) is 96.4 Å². The van der Waals surface area contributed by atoms with Crippen LogP contribution in [0.4, 0.5) is 18.9 Å². The molecule has 0 spiro atoms. The molecule has 3 rings (SSSR count). The molecule has 0 saturated carbocycles. The predicted molar refractivity (Wildman–Crippen MR) is 138 cm³/mol. The summed E-state index contributed by atoms with van der Waals surface area (Å²) >= 11 is 1.81. The fraction of sp³-hybridized carbons (Fsp3) is 0.577. The molecule has 2 aliphatic heterocycles. The van der Waals surface area contributed by atoms with Crippen LogP contribution >= 0.6 is 11.8 Å². The average molecular weight is 559 g/mol. The van der Waals surface area contributed by atoms with Crippen LogP contribution in [0.3, 0.4) is 0 Å². The lowest BCUT2D eigenvalue weighted by molar-refractivity contribution is -0.170. The van der Waals surface area contributed by atoms with E-state index in [1.165, 1.54) is 14.0 Å². The molecule has 1 atom stereocenters. The Morgan fingerprint density at radius 2 is 2.05 bits per heavy atom. The molecule has 1 aromatic rings. The van der Waals surface area contributed by atoms with Crippen molar-refractivity contribution in [1.29, 1.82) is 0 Å². The predicted octanol–water partition coefficient (Wildman–Crippen LogP) is 4.57. The number of carboxylic acid groups (broad SMARTS) is 1. The SMILES string of the molecule is CCN(C(=O)C(F)(F)F)c1c(C/C=C(\C)CC(CCN2CCSC2)C(=O)O)c(OC)c(C)c2c1C(=O)OC2. The number of carboxylic acids is 1. The molecule has 210 valence electrons. The minimum Gasteiger partial charge on any atom is -0.496 e. The van der Waals surface area contributed by atoms with Gasteiger partial charge in [0.2, 0.25) is 0 Å². The van der Waals surface area contributed by atoms with Gasteiger partial charge in [0.05, 0.1) is 24.3 Å². The first kappa shape index (κ1) is 29.8. The van der Waals surface area contributed by atoms with E-state index < -0.39 is 29.9 Å². The zero-order valence-electron chi connectivity index (χ0n) is 21.9. The number of amides is 1. The third kappa shape index (κ3) is 6.45. The monoisotopic (exact) mass is 558 g/mol. The molecule has 2 heterocycles. The largest absolute Gasteiger partial charge is 0.496 e. The summed E-state index contributed by atoms with van der Waals surface area (Å²) in [6, 6.07) is 0. The Balaban J connectivity index is 1.99. The van der Waals surface area contributed by atoms with Gasteiger partial charge in [-0.25, -0.2) is 4.79 Å². The molecule has 12 heteroatoms. The maximum atomic E-state index is 13.5. The van der Waals surface area contributed by atoms with Crippen molar-refractivity contribution in [2.75, 3.05) is 43.3 Å². The van der Waals surface area contributed by atoms with Crippen molar-refractivity contribution in [2.45, 2.75) is 52.8 Å². The number of methoxy groups -OCH3 is 1. The lowest BCUT2D eigenvalue weighted by Crippen LogP contribution is -2.42. The van der Waals surface area contributed by atoms with E-state index in [4.69, 9.17) is 9.47 Å². The van der Waals surface area contributed by atoms with Gasteiger partial charge in [-0.3, -0.25) is 14.5 Å². The van der Waals surface area contributed by atoms with Gasteiger partial charge >= 0.3 is 24.0 Å². The highest BCUT2D eigenvalue weighted by atomic mass is 32.2. The molecule has 38 heavy (non-hydrogen) atoms.